The van der Waals surface area contributed by atoms with Crippen LogP contribution in [0, 0.1) is 0 Å². The van der Waals surface area contributed by atoms with Crippen molar-refractivity contribution in [1.29, 1.82) is 0 Å². The summed E-state index contributed by atoms with van der Waals surface area (Å²) < 4.78 is 5.57. The summed E-state index contributed by atoms with van der Waals surface area (Å²) in [5, 5.41) is 12.3. The number of hydrogen-bond acceptors (Lipinski definition) is 5. The van der Waals surface area contributed by atoms with Crippen molar-refractivity contribution in [3.05, 3.63) is 29.8 Å². The molecule has 1 aromatic rings. The summed E-state index contributed by atoms with van der Waals surface area (Å²) in [6.07, 6.45) is 1.51. The summed E-state index contributed by atoms with van der Waals surface area (Å²) in [6.45, 7) is 1.13. The van der Waals surface area contributed by atoms with Crippen molar-refractivity contribution >= 4 is 18.0 Å². The minimum atomic E-state index is -1.77. The van der Waals surface area contributed by atoms with E-state index in [1.807, 2.05) is 12.1 Å². The molecule has 0 amide bonds. The first-order valence-electron chi connectivity index (χ1n) is 5.58. The molecule has 2 aliphatic heterocycles. The Labute approximate surface area is 103 Å². The highest BCUT2D eigenvalue weighted by atomic mass is 16.5. The van der Waals surface area contributed by atoms with Gasteiger partial charge in [0.15, 0.2) is 5.84 Å². The number of para-hydroxylation sites is 1. The number of benzene rings is 1. The minimum absolute atomic E-state index is 0.251. The van der Waals surface area contributed by atoms with Gasteiger partial charge < -0.3 is 15.2 Å². The largest absolute Gasteiger partial charge is 0.476 e. The molecule has 2 aliphatic rings. The van der Waals surface area contributed by atoms with Gasteiger partial charge in [-0.05, 0) is 12.1 Å². The van der Waals surface area contributed by atoms with Crippen molar-refractivity contribution in [2.45, 2.75) is 5.72 Å². The van der Waals surface area contributed by atoms with Crippen LogP contribution in [0.1, 0.15) is 5.56 Å². The molecule has 6 heteroatoms. The van der Waals surface area contributed by atoms with Crippen LogP contribution in [0.3, 0.4) is 0 Å². The highest BCUT2D eigenvalue weighted by Crippen LogP contribution is 2.29. The zero-order valence-electron chi connectivity index (χ0n) is 9.46. The van der Waals surface area contributed by atoms with Crippen molar-refractivity contribution in [2.75, 3.05) is 13.1 Å². The molecular weight excluding hydrogens is 234 g/mol. The van der Waals surface area contributed by atoms with Crippen LogP contribution < -0.4 is 10.1 Å². The maximum atomic E-state index is 11.5. The van der Waals surface area contributed by atoms with Crippen LogP contribution in [0.4, 0.5) is 0 Å². The maximum absolute atomic E-state index is 11.5. The normalized spacial score (nSPS) is 24.8. The van der Waals surface area contributed by atoms with Gasteiger partial charge in [0.1, 0.15) is 5.75 Å². The zero-order valence-corrected chi connectivity index (χ0v) is 9.46. The van der Waals surface area contributed by atoms with E-state index in [2.05, 4.69) is 15.3 Å². The average molecular weight is 245 g/mol. The van der Waals surface area contributed by atoms with Gasteiger partial charge in [-0.2, -0.15) is 0 Å². The standard InChI is InChI=1S/C12H11N3O3/c16-11(17)12(10-13-5-6-14-10)15-7-8-3-1-2-4-9(8)18-12/h1-4,7H,5-6H2,(H,13,14)(H,16,17). The summed E-state index contributed by atoms with van der Waals surface area (Å²) in [5.74, 6) is -0.437. The Morgan fingerprint density at radius 1 is 1.44 bits per heavy atom. The third-order valence-electron chi connectivity index (χ3n) is 2.85. The van der Waals surface area contributed by atoms with E-state index in [9.17, 15) is 9.90 Å². The van der Waals surface area contributed by atoms with E-state index in [1.54, 1.807) is 12.1 Å². The second-order valence-electron chi connectivity index (χ2n) is 4.00. The Morgan fingerprint density at radius 2 is 2.28 bits per heavy atom. The quantitative estimate of drug-likeness (QED) is 0.784. The molecule has 0 saturated heterocycles. The minimum Gasteiger partial charge on any atom is -0.476 e. The van der Waals surface area contributed by atoms with Crippen molar-refractivity contribution in [3.63, 3.8) is 0 Å². The molecule has 92 valence electrons. The van der Waals surface area contributed by atoms with E-state index in [1.165, 1.54) is 6.21 Å². The predicted molar refractivity (Wildman–Crippen MR) is 65.3 cm³/mol. The summed E-state index contributed by atoms with van der Waals surface area (Å²) in [7, 11) is 0. The lowest BCUT2D eigenvalue weighted by Crippen LogP contribution is -2.55. The molecule has 0 aliphatic carbocycles. The summed E-state index contributed by atoms with van der Waals surface area (Å²) in [5.41, 5.74) is -1.02. The van der Waals surface area contributed by atoms with Gasteiger partial charge in [-0.15, -0.1) is 0 Å². The van der Waals surface area contributed by atoms with Gasteiger partial charge in [-0.25, -0.2) is 9.79 Å². The number of nitrogens with one attached hydrogen (secondary N) is 1. The van der Waals surface area contributed by atoms with Gasteiger partial charge in [-0.3, -0.25) is 4.99 Å². The van der Waals surface area contributed by atoms with E-state index in [4.69, 9.17) is 4.74 Å². The number of hydrogen-bond donors (Lipinski definition) is 2. The first-order valence-corrected chi connectivity index (χ1v) is 5.58. The molecule has 0 bridgehead atoms. The maximum Gasteiger partial charge on any atom is 0.380 e. The number of carboxylic acid groups (broad SMARTS) is 1. The fourth-order valence-corrected chi connectivity index (χ4v) is 1.96. The molecule has 2 heterocycles. The number of nitrogens with zero attached hydrogens (tertiary/aromatic N) is 2. The van der Waals surface area contributed by atoms with Gasteiger partial charge in [0.2, 0.25) is 0 Å². The molecule has 0 aromatic heterocycles. The van der Waals surface area contributed by atoms with E-state index in [-0.39, 0.29) is 5.84 Å². The SMILES string of the molecule is O=C(O)C1(C2=NCCN2)N=Cc2ccccc2O1. The van der Waals surface area contributed by atoms with Crippen molar-refractivity contribution in [3.8, 4) is 5.75 Å². The third kappa shape index (κ3) is 1.46. The van der Waals surface area contributed by atoms with Gasteiger partial charge in [-0.1, -0.05) is 12.1 Å². The second kappa shape index (κ2) is 3.83. The molecule has 3 rings (SSSR count). The van der Waals surface area contributed by atoms with E-state index in [0.717, 1.165) is 5.56 Å². The lowest BCUT2D eigenvalue weighted by atomic mass is 10.1. The van der Waals surface area contributed by atoms with Crippen molar-refractivity contribution < 1.29 is 14.6 Å². The van der Waals surface area contributed by atoms with Crippen LogP contribution in [0.25, 0.3) is 0 Å². The fraction of sp³-hybridized carbons (Fsp3) is 0.250. The predicted octanol–water partition coefficient (Wildman–Crippen LogP) is 0.280. The summed E-state index contributed by atoms with van der Waals surface area (Å²) in [6, 6.07) is 7.16. The number of fused-ring (bicyclic) bond motifs is 1. The molecule has 18 heavy (non-hydrogen) atoms. The van der Waals surface area contributed by atoms with Crippen molar-refractivity contribution in [1.82, 2.24) is 5.32 Å². The number of carboxylic acids is 1. The van der Waals surface area contributed by atoms with Crippen LogP contribution in [0.5, 0.6) is 5.75 Å². The molecule has 1 unspecified atom stereocenters. The average Bonchev–Trinajstić information content (AvgIpc) is 2.92. The van der Waals surface area contributed by atoms with Crippen LogP contribution in [0.2, 0.25) is 0 Å². The van der Waals surface area contributed by atoms with Crippen LogP contribution in [-0.4, -0.2) is 41.9 Å². The monoisotopic (exact) mass is 245 g/mol. The number of ether oxygens (including phenoxy) is 1. The topological polar surface area (TPSA) is 83.3 Å². The van der Waals surface area contributed by atoms with Gasteiger partial charge in [0.05, 0.1) is 6.54 Å². The first-order chi connectivity index (χ1) is 8.72. The number of carbonyl (C=O) groups is 1. The van der Waals surface area contributed by atoms with Gasteiger partial charge in [0.25, 0.3) is 0 Å². The molecule has 6 nitrogen and oxygen atoms in total. The lowest BCUT2D eigenvalue weighted by molar-refractivity contribution is -0.149. The van der Waals surface area contributed by atoms with Crippen molar-refractivity contribution in [2.24, 2.45) is 9.98 Å². The second-order valence-corrected chi connectivity index (χ2v) is 4.00. The number of amidine groups is 1. The van der Waals surface area contributed by atoms with Crippen LogP contribution in [-0.2, 0) is 4.79 Å². The van der Waals surface area contributed by atoms with E-state index in [0.29, 0.717) is 18.8 Å². The van der Waals surface area contributed by atoms with Gasteiger partial charge >= 0.3 is 11.7 Å². The zero-order chi connectivity index (χ0) is 12.6. The fourth-order valence-electron chi connectivity index (χ4n) is 1.96. The Morgan fingerprint density at radius 3 is 3.00 bits per heavy atom. The Kier molecular flexibility index (Phi) is 2.29. The Hall–Kier alpha value is -2.37. The van der Waals surface area contributed by atoms with E-state index < -0.39 is 11.7 Å². The molecule has 1 atom stereocenters. The molecular formula is C12H11N3O3. The highest BCUT2D eigenvalue weighted by Gasteiger charge is 2.49. The van der Waals surface area contributed by atoms with Gasteiger partial charge in [0, 0.05) is 18.3 Å². The highest BCUT2D eigenvalue weighted by molar-refractivity contribution is 6.11. The van der Waals surface area contributed by atoms with Crippen LogP contribution in [0.15, 0.2) is 34.3 Å². The van der Waals surface area contributed by atoms with Crippen LogP contribution >= 0.6 is 0 Å². The third-order valence-corrected chi connectivity index (χ3v) is 2.85. The molecule has 0 radical (unpaired) electrons. The molecule has 0 saturated carbocycles. The Balaban J connectivity index is 2.07. The first kappa shape index (κ1) is 10.8. The van der Waals surface area contributed by atoms with E-state index >= 15 is 0 Å². The lowest BCUT2D eigenvalue weighted by Gasteiger charge is -2.29. The number of aliphatic carboxylic acids is 1. The summed E-state index contributed by atoms with van der Waals surface area (Å²) in [4.78, 5) is 19.7. The molecule has 0 spiro atoms. The molecule has 2 N–H and O–H groups in total. The number of aliphatic imine (C=N–C) groups is 2. The Bertz CT molecular complexity index is 567. The smallest absolute Gasteiger partial charge is 0.380 e. The molecule has 0 fully saturated rings. The summed E-state index contributed by atoms with van der Waals surface area (Å²) >= 11 is 0. The number of rotatable bonds is 2. The molecule has 1 aromatic carbocycles.